The number of fused-ring (bicyclic) bond motifs is 1. The minimum atomic E-state index is -0.133. The summed E-state index contributed by atoms with van der Waals surface area (Å²) in [5, 5.41) is 5.27. The Bertz CT molecular complexity index is 1380. The Labute approximate surface area is 245 Å². The Hall–Kier alpha value is -2.73. The zero-order valence-electron chi connectivity index (χ0n) is 21.2. The van der Waals surface area contributed by atoms with Crippen LogP contribution in [0.3, 0.4) is 0 Å². The smallest absolute Gasteiger partial charge is 0.497 e. The van der Waals surface area contributed by atoms with Crippen LogP contribution >= 0.6 is 11.6 Å². The van der Waals surface area contributed by atoms with Gasteiger partial charge in [0.2, 0.25) is 0 Å². The van der Waals surface area contributed by atoms with Crippen molar-refractivity contribution in [3.63, 3.8) is 0 Å². The van der Waals surface area contributed by atoms with Crippen molar-refractivity contribution in [2.24, 2.45) is 0 Å². The number of aromatic nitrogens is 3. The summed E-state index contributed by atoms with van der Waals surface area (Å²) in [5.74, 6) is 2.44. The Balaban J connectivity index is 0.000000530. The predicted molar refractivity (Wildman–Crippen MR) is 149 cm³/mol. The Kier molecular flexibility index (Phi) is 10.6. The maximum atomic E-state index is 13.5. The molecule has 10 radical (unpaired) electrons. The van der Waals surface area contributed by atoms with Gasteiger partial charge in [0.15, 0.2) is 0 Å². The van der Waals surface area contributed by atoms with Crippen LogP contribution in [0.15, 0.2) is 65.6 Å². The average Bonchev–Trinajstić information content (AvgIpc) is 3.74. The molecule has 8 heteroatoms. The first-order valence-electron chi connectivity index (χ1n) is 12.2. The number of methoxy groups -OCH3 is 1. The molecule has 0 saturated heterocycles. The normalized spacial score (nSPS) is 15.0. The van der Waals surface area contributed by atoms with Gasteiger partial charge in [-0.3, -0.25) is 4.79 Å². The molecule has 0 atom stereocenters. The van der Waals surface area contributed by atoms with E-state index in [0.29, 0.717) is 29.4 Å². The molecule has 2 heterocycles. The second-order valence-corrected chi connectivity index (χ2v) is 8.93. The molecule has 0 spiro atoms. The maximum Gasteiger partial charge on any atom is 2.00 e. The van der Waals surface area contributed by atoms with Gasteiger partial charge >= 0.3 is 17.1 Å². The van der Waals surface area contributed by atoms with Gasteiger partial charge in [-0.1, -0.05) is 23.7 Å². The van der Waals surface area contributed by atoms with Gasteiger partial charge in [-0.15, -0.1) is 0 Å². The fourth-order valence-electron chi connectivity index (χ4n) is 4.09. The van der Waals surface area contributed by atoms with E-state index in [0.717, 1.165) is 28.6 Å². The van der Waals surface area contributed by atoms with Gasteiger partial charge in [-0.2, -0.15) is 5.10 Å². The van der Waals surface area contributed by atoms with E-state index in [-0.39, 0.29) is 22.6 Å². The number of rotatable bonds is 7. The first-order chi connectivity index (χ1) is 18.6. The molecule has 0 bridgehead atoms. The van der Waals surface area contributed by atoms with E-state index in [4.69, 9.17) is 21.1 Å². The molecule has 2 aromatic heterocycles. The maximum absolute atomic E-state index is 13.5. The van der Waals surface area contributed by atoms with Crippen LogP contribution in [0.25, 0.3) is 16.8 Å². The summed E-state index contributed by atoms with van der Waals surface area (Å²) in [6.45, 7) is 0.697. The third-order valence-corrected chi connectivity index (χ3v) is 6.28. The van der Waals surface area contributed by atoms with Crippen LogP contribution in [0.1, 0.15) is 5.69 Å². The second kappa shape index (κ2) is 14.1. The van der Waals surface area contributed by atoms with Crippen LogP contribution < -0.4 is 15.0 Å². The topological polar surface area (TPSA) is 57.8 Å². The van der Waals surface area contributed by atoms with Crippen molar-refractivity contribution in [3.05, 3.63) is 146 Å². The van der Waals surface area contributed by atoms with Crippen LogP contribution in [0, 0.1) is 63.7 Å². The average molecular weight is 580 g/mol. The molecule has 0 N–H and O–H groups in total. The molecule has 4 aromatic rings. The standard InChI is InChI=1S/C26H21ClN3O3.C5H5.Fe/c1-32-21-10-12-22(13-11-21)33-15-14-29-25(19-6-8-20(27)9-7-19)17-30-24(26(29)31)16-23(28-30)18-4-2-3-5-18;1-2-4-5-3-1;/h2-13,16-17H,14-15H2,1H3;1-5H;/q;;+2. The van der Waals surface area contributed by atoms with E-state index in [1.54, 1.807) is 16.2 Å². The van der Waals surface area contributed by atoms with E-state index in [1.165, 1.54) is 0 Å². The van der Waals surface area contributed by atoms with Crippen molar-refractivity contribution < 1.29 is 26.5 Å². The van der Waals surface area contributed by atoms with E-state index in [2.05, 4.69) is 5.10 Å². The summed E-state index contributed by atoms with van der Waals surface area (Å²) in [4.78, 5) is 13.5. The largest absolute Gasteiger partial charge is 2.00 e. The zero-order chi connectivity index (χ0) is 26.3. The summed E-state index contributed by atoms with van der Waals surface area (Å²) in [6.07, 6.45) is 19.7. The summed E-state index contributed by atoms with van der Waals surface area (Å²) in [5.41, 5.74) is 2.73. The van der Waals surface area contributed by atoms with E-state index in [1.807, 2.05) is 119 Å². The molecule has 0 amide bonds. The number of hydrogen-bond acceptors (Lipinski definition) is 4. The monoisotopic (exact) mass is 579 g/mol. The molecule has 2 fully saturated rings. The number of benzene rings is 2. The van der Waals surface area contributed by atoms with Crippen molar-refractivity contribution >= 4 is 17.1 Å². The molecule has 6 nitrogen and oxygen atoms in total. The molecular formula is C31H26ClFeN3O3+2. The quantitative estimate of drug-likeness (QED) is 0.265. The fraction of sp³-hybridized carbons (Fsp3) is 0.0968. The van der Waals surface area contributed by atoms with Crippen molar-refractivity contribution in [2.75, 3.05) is 13.7 Å². The van der Waals surface area contributed by atoms with Gasteiger partial charge in [0.1, 0.15) is 23.6 Å². The SMILES string of the molecule is COc1ccc(OCCn2c(-c3ccc(Cl)cc3)cn3nc([C]4[CH][CH][CH][CH]4)cc3c2=O)cc1.[CH]1[CH][CH][CH][CH]1.[Fe+2]. The number of hydrogen-bond donors (Lipinski definition) is 0. The van der Waals surface area contributed by atoms with Crippen LogP contribution in [0.5, 0.6) is 11.5 Å². The Morgan fingerprint density at radius 3 is 2.08 bits per heavy atom. The molecule has 6 rings (SSSR count). The Morgan fingerprint density at radius 2 is 1.46 bits per heavy atom. The number of ether oxygens (including phenoxy) is 2. The minimum Gasteiger partial charge on any atom is -0.497 e. The molecule has 0 unspecified atom stereocenters. The zero-order valence-corrected chi connectivity index (χ0v) is 23.0. The third kappa shape index (κ3) is 7.27. The first-order valence-corrected chi connectivity index (χ1v) is 12.5. The summed E-state index contributed by atoms with van der Waals surface area (Å²) in [6, 6.07) is 16.6. The third-order valence-electron chi connectivity index (χ3n) is 6.03. The van der Waals surface area contributed by atoms with Gasteiger partial charge in [0.05, 0.1) is 31.2 Å². The molecule has 0 aliphatic heterocycles. The fourth-order valence-corrected chi connectivity index (χ4v) is 4.22. The van der Waals surface area contributed by atoms with Gasteiger partial charge in [-0.05, 0) is 106 Å². The molecule has 2 saturated carbocycles. The molecule has 2 aromatic carbocycles. The second-order valence-electron chi connectivity index (χ2n) is 8.50. The van der Waals surface area contributed by atoms with Crippen molar-refractivity contribution in [1.82, 2.24) is 14.2 Å². The van der Waals surface area contributed by atoms with Crippen LogP contribution in [-0.2, 0) is 23.6 Å². The molecule has 39 heavy (non-hydrogen) atoms. The molecule has 196 valence electrons. The van der Waals surface area contributed by atoms with Gasteiger partial charge < -0.3 is 14.0 Å². The van der Waals surface area contributed by atoms with E-state index < -0.39 is 0 Å². The summed E-state index contributed by atoms with van der Waals surface area (Å²) < 4.78 is 14.4. The van der Waals surface area contributed by atoms with Crippen molar-refractivity contribution in [3.8, 4) is 22.8 Å². The van der Waals surface area contributed by atoms with Crippen LogP contribution in [0.4, 0.5) is 0 Å². The first kappa shape index (κ1) is 29.3. The summed E-state index contributed by atoms with van der Waals surface area (Å²) in [7, 11) is 1.62. The summed E-state index contributed by atoms with van der Waals surface area (Å²) >= 11 is 6.08. The van der Waals surface area contributed by atoms with Crippen molar-refractivity contribution in [1.29, 1.82) is 0 Å². The van der Waals surface area contributed by atoms with Crippen LogP contribution in [0.2, 0.25) is 5.02 Å². The van der Waals surface area contributed by atoms with E-state index >= 15 is 0 Å². The Morgan fingerprint density at radius 1 is 0.846 bits per heavy atom. The predicted octanol–water partition coefficient (Wildman–Crippen LogP) is 5.68. The van der Waals surface area contributed by atoms with Crippen molar-refractivity contribution in [2.45, 2.75) is 6.54 Å². The molecular weight excluding hydrogens is 554 g/mol. The van der Waals surface area contributed by atoms with Gasteiger partial charge in [0, 0.05) is 10.9 Å². The molecule has 2 aliphatic carbocycles. The number of nitrogens with zero attached hydrogens (tertiary/aromatic N) is 3. The number of halogens is 1. The minimum absolute atomic E-state index is 0. The van der Waals surface area contributed by atoms with Gasteiger partial charge in [-0.25, -0.2) is 4.52 Å². The van der Waals surface area contributed by atoms with Crippen LogP contribution in [-0.4, -0.2) is 27.9 Å². The van der Waals surface area contributed by atoms with E-state index in [9.17, 15) is 4.79 Å². The molecule has 2 aliphatic rings. The van der Waals surface area contributed by atoms with Gasteiger partial charge in [0.25, 0.3) is 5.56 Å².